The van der Waals surface area contributed by atoms with Crippen molar-refractivity contribution >= 4 is 22.0 Å². The van der Waals surface area contributed by atoms with Gasteiger partial charge in [-0.2, -0.15) is 4.31 Å². The van der Waals surface area contributed by atoms with Crippen LogP contribution >= 0.6 is 0 Å². The molecule has 3 N–H and O–H groups in total. The standard InChI is InChI=1S/C29H39N3O8S/c1-19(2)15-32(41(36,37)23-11-9-22(38-3)10-12-23)16-25(33)24(13-20-7-5-4-6-8-20)30-29(35)40-26-18-39-17-21-14-27(34)31-28(21)26/h4-12,19,21,24-26,28,33H,13-18H2,1-3H3,(H,30,35)(H,31,34)/t21?,24-,25+,26?,28?/m1/s1. The number of carbonyl (C=O) groups excluding carboxylic acids is 2. The van der Waals surface area contributed by atoms with Gasteiger partial charge >= 0.3 is 6.09 Å². The average molecular weight is 590 g/mol. The summed E-state index contributed by atoms with van der Waals surface area (Å²) in [6, 6.07) is 14.1. The number of aliphatic hydroxyl groups excluding tert-OH is 1. The van der Waals surface area contributed by atoms with Crippen LogP contribution in [-0.2, 0) is 30.7 Å². The van der Waals surface area contributed by atoms with Crippen LogP contribution in [0.1, 0.15) is 25.8 Å². The van der Waals surface area contributed by atoms with Gasteiger partial charge in [0.25, 0.3) is 0 Å². The Hall–Kier alpha value is -3.19. The molecule has 2 aromatic rings. The molecule has 4 rings (SSSR count). The minimum Gasteiger partial charge on any atom is -0.497 e. The molecule has 2 aromatic carbocycles. The van der Waals surface area contributed by atoms with Gasteiger partial charge in [-0.05, 0) is 42.2 Å². The van der Waals surface area contributed by atoms with E-state index >= 15 is 0 Å². The Morgan fingerprint density at radius 3 is 2.49 bits per heavy atom. The fraction of sp³-hybridized carbons (Fsp3) is 0.517. The van der Waals surface area contributed by atoms with Crippen LogP contribution in [0.5, 0.6) is 5.75 Å². The number of rotatable bonds is 12. The number of ether oxygens (including phenoxy) is 3. The summed E-state index contributed by atoms with van der Waals surface area (Å²) in [6.07, 6.45) is -2.18. The average Bonchev–Trinajstić information content (AvgIpc) is 3.34. The number of alkyl carbamates (subject to hydrolysis) is 1. The molecule has 2 fully saturated rings. The lowest BCUT2D eigenvalue weighted by atomic mass is 9.95. The van der Waals surface area contributed by atoms with Crippen molar-refractivity contribution < 1.29 is 37.3 Å². The van der Waals surface area contributed by atoms with Gasteiger partial charge in [-0.3, -0.25) is 4.79 Å². The van der Waals surface area contributed by atoms with Crippen LogP contribution in [0.2, 0.25) is 0 Å². The lowest BCUT2D eigenvalue weighted by Crippen LogP contribution is -2.54. The van der Waals surface area contributed by atoms with E-state index in [9.17, 15) is 23.1 Å². The van der Waals surface area contributed by atoms with E-state index in [0.717, 1.165) is 5.56 Å². The van der Waals surface area contributed by atoms with Crippen molar-refractivity contribution in [2.75, 3.05) is 33.4 Å². The van der Waals surface area contributed by atoms with Crippen LogP contribution < -0.4 is 15.4 Å². The van der Waals surface area contributed by atoms with Gasteiger partial charge < -0.3 is 30.0 Å². The fourth-order valence-electron chi connectivity index (χ4n) is 5.22. The van der Waals surface area contributed by atoms with E-state index in [4.69, 9.17) is 14.2 Å². The van der Waals surface area contributed by atoms with Gasteiger partial charge in [-0.1, -0.05) is 44.2 Å². The van der Waals surface area contributed by atoms with Gasteiger partial charge in [0.2, 0.25) is 15.9 Å². The highest BCUT2D eigenvalue weighted by atomic mass is 32.2. The Morgan fingerprint density at radius 2 is 1.83 bits per heavy atom. The van der Waals surface area contributed by atoms with Crippen LogP contribution in [0.4, 0.5) is 4.79 Å². The van der Waals surface area contributed by atoms with Crippen molar-refractivity contribution in [1.82, 2.24) is 14.9 Å². The third kappa shape index (κ3) is 7.97. The summed E-state index contributed by atoms with van der Waals surface area (Å²) < 4.78 is 44.8. The van der Waals surface area contributed by atoms with Crippen molar-refractivity contribution in [3.8, 4) is 5.75 Å². The lowest BCUT2D eigenvalue weighted by molar-refractivity contribution is -0.119. The second kappa shape index (κ2) is 13.6. The number of amides is 2. The first kappa shape index (κ1) is 30.8. The number of carbonyl (C=O) groups is 2. The van der Waals surface area contributed by atoms with Gasteiger partial charge in [0.1, 0.15) is 11.9 Å². The molecule has 0 saturated carbocycles. The molecule has 2 aliphatic heterocycles. The highest BCUT2D eigenvalue weighted by Crippen LogP contribution is 2.26. The zero-order valence-corrected chi connectivity index (χ0v) is 24.4. The van der Waals surface area contributed by atoms with E-state index in [1.54, 1.807) is 12.1 Å². The first-order valence-electron chi connectivity index (χ1n) is 13.8. The summed E-state index contributed by atoms with van der Waals surface area (Å²) in [6.45, 7) is 4.24. The van der Waals surface area contributed by atoms with Gasteiger partial charge in [-0.15, -0.1) is 0 Å². The van der Waals surface area contributed by atoms with E-state index in [0.29, 0.717) is 18.8 Å². The lowest BCUT2D eigenvalue weighted by Gasteiger charge is -2.34. The number of nitrogens with zero attached hydrogens (tertiary/aromatic N) is 1. The van der Waals surface area contributed by atoms with E-state index in [-0.39, 0.29) is 54.8 Å². The van der Waals surface area contributed by atoms with E-state index in [1.165, 1.54) is 23.5 Å². The summed E-state index contributed by atoms with van der Waals surface area (Å²) in [5.41, 5.74) is 0.842. The van der Waals surface area contributed by atoms with Gasteiger partial charge in [0, 0.05) is 25.4 Å². The van der Waals surface area contributed by atoms with Crippen LogP contribution in [0, 0.1) is 11.8 Å². The largest absolute Gasteiger partial charge is 0.497 e. The minimum absolute atomic E-state index is 0.0263. The smallest absolute Gasteiger partial charge is 0.407 e. The Labute approximate surface area is 241 Å². The molecule has 0 aliphatic carbocycles. The predicted octanol–water partition coefficient (Wildman–Crippen LogP) is 1.94. The van der Waals surface area contributed by atoms with Crippen LogP contribution in [0.3, 0.4) is 0 Å². The Morgan fingerprint density at radius 1 is 1.12 bits per heavy atom. The molecule has 0 spiro atoms. The van der Waals surface area contributed by atoms with E-state index < -0.39 is 34.4 Å². The van der Waals surface area contributed by atoms with Crippen LogP contribution in [0.15, 0.2) is 59.5 Å². The second-order valence-corrected chi connectivity index (χ2v) is 12.9. The zero-order valence-electron chi connectivity index (χ0n) is 23.6. The number of nitrogens with one attached hydrogen (secondary N) is 2. The van der Waals surface area contributed by atoms with Gasteiger partial charge in [0.15, 0.2) is 0 Å². The maximum absolute atomic E-state index is 13.6. The summed E-state index contributed by atoms with van der Waals surface area (Å²) in [4.78, 5) is 25.0. The third-order valence-corrected chi connectivity index (χ3v) is 9.12. The Bertz CT molecular complexity index is 1270. The minimum atomic E-state index is -3.97. The third-order valence-electron chi connectivity index (χ3n) is 7.28. The first-order chi connectivity index (χ1) is 19.6. The van der Waals surface area contributed by atoms with E-state index in [1.807, 2.05) is 44.2 Å². The molecule has 2 aliphatic rings. The number of hydrogen-bond donors (Lipinski definition) is 3. The van der Waals surface area contributed by atoms with Crippen LogP contribution in [0.25, 0.3) is 0 Å². The van der Waals surface area contributed by atoms with Crippen molar-refractivity contribution in [3.05, 3.63) is 60.2 Å². The summed E-state index contributed by atoms with van der Waals surface area (Å²) in [5, 5.41) is 17.0. The van der Waals surface area contributed by atoms with Crippen molar-refractivity contribution in [2.24, 2.45) is 11.8 Å². The van der Waals surface area contributed by atoms with E-state index in [2.05, 4.69) is 10.6 Å². The summed E-state index contributed by atoms with van der Waals surface area (Å²) in [7, 11) is -2.47. The monoisotopic (exact) mass is 589 g/mol. The summed E-state index contributed by atoms with van der Waals surface area (Å²) in [5.74, 6) is 0.311. The van der Waals surface area contributed by atoms with Gasteiger partial charge in [0.05, 0.1) is 43.4 Å². The first-order valence-corrected chi connectivity index (χ1v) is 15.2. The number of hydrogen-bond acceptors (Lipinski definition) is 8. The molecule has 224 valence electrons. The number of aliphatic hydroxyl groups is 1. The van der Waals surface area contributed by atoms with Gasteiger partial charge in [-0.25, -0.2) is 13.2 Å². The van der Waals surface area contributed by atoms with Crippen LogP contribution in [-0.4, -0.2) is 87.5 Å². The molecule has 2 heterocycles. The summed E-state index contributed by atoms with van der Waals surface area (Å²) >= 11 is 0. The number of benzene rings is 2. The molecule has 12 heteroatoms. The molecule has 2 saturated heterocycles. The Balaban J connectivity index is 1.51. The molecule has 5 atom stereocenters. The maximum Gasteiger partial charge on any atom is 0.407 e. The molecule has 0 aromatic heterocycles. The molecule has 0 bridgehead atoms. The highest BCUT2D eigenvalue weighted by molar-refractivity contribution is 7.89. The highest BCUT2D eigenvalue weighted by Gasteiger charge is 2.43. The fourth-order valence-corrected chi connectivity index (χ4v) is 6.84. The molecule has 11 nitrogen and oxygen atoms in total. The second-order valence-electron chi connectivity index (χ2n) is 10.9. The molecule has 2 amide bonds. The topological polar surface area (TPSA) is 144 Å². The molecular weight excluding hydrogens is 550 g/mol. The number of fused-ring (bicyclic) bond motifs is 1. The quantitative estimate of drug-likeness (QED) is 0.341. The normalized spacial score (nSPS) is 22.1. The van der Waals surface area contributed by atoms with Crippen molar-refractivity contribution in [1.29, 1.82) is 0 Å². The SMILES string of the molecule is COc1ccc(S(=O)(=O)N(CC(C)C)C[C@H](O)[C@@H](Cc2ccccc2)NC(=O)OC2COCC3CC(=O)NC32)cc1. The molecule has 41 heavy (non-hydrogen) atoms. The predicted molar refractivity (Wildman–Crippen MR) is 151 cm³/mol. The number of sulfonamides is 1. The maximum atomic E-state index is 13.6. The van der Waals surface area contributed by atoms with Crippen molar-refractivity contribution in [3.63, 3.8) is 0 Å². The van der Waals surface area contributed by atoms with Crippen molar-refractivity contribution in [2.45, 2.75) is 55.9 Å². The molecule has 3 unspecified atom stereocenters. The Kier molecular flexibility index (Phi) is 10.2. The zero-order chi connectivity index (χ0) is 29.6. The number of methoxy groups -OCH3 is 1. The molecular formula is C29H39N3O8S. The molecule has 0 radical (unpaired) electrons.